The molecule has 0 spiro atoms. The minimum Gasteiger partial charge on any atom is -0.385 e. The molecule has 0 aliphatic heterocycles. The van der Waals surface area contributed by atoms with E-state index in [2.05, 4.69) is 29.6 Å². The molecule has 0 aliphatic carbocycles. The summed E-state index contributed by atoms with van der Waals surface area (Å²) in [7, 11) is 1.72. The third-order valence-electron chi connectivity index (χ3n) is 2.45. The number of rotatable bonds is 10. The number of ether oxygens (including phenoxy) is 2. The Labute approximate surface area is 104 Å². The standard InChI is InChI=1S/C14H23NO2/c1-16-10-6-12-17-11-5-9-15-13-14-7-3-2-4-8-14/h2-4,7-8,15H,5-6,9-13H2,1H3. The fraction of sp³-hybridized carbons (Fsp3) is 0.571. The Kier molecular flexibility index (Phi) is 8.55. The molecule has 1 rings (SSSR count). The van der Waals surface area contributed by atoms with E-state index in [0.717, 1.165) is 45.8 Å². The second kappa shape index (κ2) is 10.3. The molecule has 1 aromatic rings. The molecule has 17 heavy (non-hydrogen) atoms. The topological polar surface area (TPSA) is 30.5 Å². The Morgan fingerprint density at radius 2 is 1.76 bits per heavy atom. The molecule has 0 bridgehead atoms. The van der Waals surface area contributed by atoms with E-state index in [4.69, 9.17) is 9.47 Å². The summed E-state index contributed by atoms with van der Waals surface area (Å²) in [5.41, 5.74) is 1.33. The van der Waals surface area contributed by atoms with Gasteiger partial charge in [0, 0.05) is 33.5 Å². The van der Waals surface area contributed by atoms with Gasteiger partial charge >= 0.3 is 0 Å². The summed E-state index contributed by atoms with van der Waals surface area (Å²) in [6.45, 7) is 4.34. The van der Waals surface area contributed by atoms with Crippen molar-refractivity contribution >= 4 is 0 Å². The summed E-state index contributed by atoms with van der Waals surface area (Å²) in [6.07, 6.45) is 2.04. The van der Waals surface area contributed by atoms with Gasteiger partial charge in [-0.2, -0.15) is 0 Å². The van der Waals surface area contributed by atoms with Gasteiger partial charge in [-0.05, 0) is 24.9 Å². The normalized spacial score (nSPS) is 10.6. The molecule has 0 heterocycles. The second-order valence-electron chi connectivity index (χ2n) is 3.97. The van der Waals surface area contributed by atoms with Gasteiger partial charge in [-0.15, -0.1) is 0 Å². The Balaban J connectivity index is 1.85. The van der Waals surface area contributed by atoms with Crippen LogP contribution in [0.2, 0.25) is 0 Å². The third kappa shape index (κ3) is 7.91. The average Bonchev–Trinajstić information content (AvgIpc) is 2.38. The highest BCUT2D eigenvalue weighted by molar-refractivity contribution is 5.14. The average molecular weight is 237 g/mol. The molecule has 0 saturated heterocycles. The van der Waals surface area contributed by atoms with Gasteiger partial charge in [0.2, 0.25) is 0 Å². The molecule has 0 atom stereocenters. The maximum absolute atomic E-state index is 5.47. The molecular weight excluding hydrogens is 214 g/mol. The van der Waals surface area contributed by atoms with Crippen LogP contribution in [0, 0.1) is 0 Å². The molecule has 0 aliphatic rings. The largest absolute Gasteiger partial charge is 0.385 e. The van der Waals surface area contributed by atoms with E-state index < -0.39 is 0 Å². The van der Waals surface area contributed by atoms with Gasteiger partial charge in [0.1, 0.15) is 0 Å². The van der Waals surface area contributed by atoms with Crippen LogP contribution in [0.4, 0.5) is 0 Å². The van der Waals surface area contributed by atoms with Gasteiger partial charge in [0.25, 0.3) is 0 Å². The van der Waals surface area contributed by atoms with E-state index in [9.17, 15) is 0 Å². The summed E-state index contributed by atoms with van der Waals surface area (Å²) in [5.74, 6) is 0. The fourth-order valence-electron chi connectivity index (χ4n) is 1.54. The van der Waals surface area contributed by atoms with E-state index in [1.165, 1.54) is 5.56 Å². The van der Waals surface area contributed by atoms with Crippen LogP contribution in [0.15, 0.2) is 30.3 Å². The summed E-state index contributed by atoms with van der Waals surface area (Å²) >= 11 is 0. The summed E-state index contributed by atoms with van der Waals surface area (Å²) in [5, 5.41) is 3.40. The minimum atomic E-state index is 0.784. The first-order chi connectivity index (χ1) is 8.43. The van der Waals surface area contributed by atoms with E-state index in [-0.39, 0.29) is 0 Å². The smallest absolute Gasteiger partial charge is 0.0487 e. The molecule has 1 N–H and O–H groups in total. The first kappa shape index (κ1) is 14.2. The highest BCUT2D eigenvalue weighted by atomic mass is 16.5. The van der Waals surface area contributed by atoms with E-state index in [1.807, 2.05) is 6.07 Å². The van der Waals surface area contributed by atoms with Crippen molar-refractivity contribution in [2.24, 2.45) is 0 Å². The Hall–Kier alpha value is -0.900. The lowest BCUT2D eigenvalue weighted by Crippen LogP contribution is -2.16. The zero-order valence-corrected chi connectivity index (χ0v) is 10.7. The fourth-order valence-corrected chi connectivity index (χ4v) is 1.54. The van der Waals surface area contributed by atoms with Crippen molar-refractivity contribution in [2.75, 3.05) is 33.5 Å². The molecule has 0 amide bonds. The van der Waals surface area contributed by atoms with Gasteiger partial charge in [-0.3, -0.25) is 0 Å². The van der Waals surface area contributed by atoms with Crippen LogP contribution in [-0.4, -0.2) is 33.5 Å². The lowest BCUT2D eigenvalue weighted by atomic mass is 10.2. The first-order valence-electron chi connectivity index (χ1n) is 6.25. The van der Waals surface area contributed by atoms with Crippen LogP contribution in [0.5, 0.6) is 0 Å². The minimum absolute atomic E-state index is 0.784. The maximum atomic E-state index is 5.47. The lowest BCUT2D eigenvalue weighted by molar-refractivity contribution is 0.101. The molecule has 0 fully saturated rings. The summed E-state index contributed by atoms with van der Waals surface area (Å²) in [4.78, 5) is 0. The number of hydrogen-bond acceptors (Lipinski definition) is 3. The second-order valence-corrected chi connectivity index (χ2v) is 3.97. The number of methoxy groups -OCH3 is 1. The van der Waals surface area contributed by atoms with Crippen molar-refractivity contribution in [3.05, 3.63) is 35.9 Å². The first-order valence-corrected chi connectivity index (χ1v) is 6.25. The predicted molar refractivity (Wildman–Crippen MR) is 70.1 cm³/mol. The maximum Gasteiger partial charge on any atom is 0.0487 e. The lowest BCUT2D eigenvalue weighted by Gasteiger charge is -2.06. The SMILES string of the molecule is COCCCOCCCNCc1ccccc1. The van der Waals surface area contributed by atoms with Crippen molar-refractivity contribution < 1.29 is 9.47 Å². The van der Waals surface area contributed by atoms with Gasteiger partial charge in [-0.25, -0.2) is 0 Å². The van der Waals surface area contributed by atoms with Crippen molar-refractivity contribution in [3.8, 4) is 0 Å². The predicted octanol–water partition coefficient (Wildman–Crippen LogP) is 2.22. The van der Waals surface area contributed by atoms with Crippen LogP contribution in [0.25, 0.3) is 0 Å². The molecule has 0 aromatic heterocycles. The van der Waals surface area contributed by atoms with Gasteiger partial charge in [0.05, 0.1) is 0 Å². The van der Waals surface area contributed by atoms with E-state index in [1.54, 1.807) is 7.11 Å². The number of nitrogens with one attached hydrogen (secondary N) is 1. The molecule has 0 unspecified atom stereocenters. The van der Waals surface area contributed by atoms with Crippen molar-refractivity contribution in [2.45, 2.75) is 19.4 Å². The zero-order valence-electron chi connectivity index (χ0n) is 10.7. The molecule has 96 valence electrons. The highest BCUT2D eigenvalue weighted by Gasteiger charge is 1.92. The van der Waals surface area contributed by atoms with Crippen LogP contribution < -0.4 is 5.32 Å². The molecular formula is C14H23NO2. The van der Waals surface area contributed by atoms with E-state index in [0.29, 0.717) is 0 Å². The summed E-state index contributed by atoms with van der Waals surface area (Å²) in [6, 6.07) is 10.4. The van der Waals surface area contributed by atoms with Crippen molar-refractivity contribution in [1.29, 1.82) is 0 Å². The Morgan fingerprint density at radius 3 is 2.53 bits per heavy atom. The number of benzene rings is 1. The van der Waals surface area contributed by atoms with Crippen LogP contribution in [0.3, 0.4) is 0 Å². The summed E-state index contributed by atoms with van der Waals surface area (Å²) < 4.78 is 10.4. The van der Waals surface area contributed by atoms with Crippen LogP contribution in [0.1, 0.15) is 18.4 Å². The third-order valence-corrected chi connectivity index (χ3v) is 2.45. The van der Waals surface area contributed by atoms with Crippen molar-refractivity contribution in [3.63, 3.8) is 0 Å². The molecule has 1 aromatic carbocycles. The van der Waals surface area contributed by atoms with Gasteiger partial charge in [0.15, 0.2) is 0 Å². The van der Waals surface area contributed by atoms with Gasteiger partial charge in [-0.1, -0.05) is 30.3 Å². The quantitative estimate of drug-likeness (QED) is 0.633. The molecule has 3 nitrogen and oxygen atoms in total. The zero-order chi connectivity index (χ0) is 12.2. The Bertz CT molecular complexity index is 264. The van der Waals surface area contributed by atoms with Gasteiger partial charge < -0.3 is 14.8 Å². The molecule has 0 radical (unpaired) electrons. The van der Waals surface area contributed by atoms with Crippen LogP contribution in [-0.2, 0) is 16.0 Å². The number of hydrogen-bond donors (Lipinski definition) is 1. The Morgan fingerprint density at radius 1 is 1.00 bits per heavy atom. The highest BCUT2D eigenvalue weighted by Crippen LogP contribution is 1.97. The molecule has 3 heteroatoms. The van der Waals surface area contributed by atoms with E-state index >= 15 is 0 Å². The molecule has 0 saturated carbocycles. The van der Waals surface area contributed by atoms with Crippen molar-refractivity contribution in [1.82, 2.24) is 5.32 Å². The van der Waals surface area contributed by atoms with Crippen LogP contribution >= 0.6 is 0 Å². The monoisotopic (exact) mass is 237 g/mol.